The molecule has 0 radical (unpaired) electrons. The van der Waals surface area contributed by atoms with Crippen LogP contribution in [0.2, 0.25) is 0 Å². The highest BCUT2D eigenvalue weighted by Crippen LogP contribution is 2.20. The number of nitrogens with zero attached hydrogens (tertiary/aromatic N) is 4. The molecule has 0 amide bonds. The predicted molar refractivity (Wildman–Crippen MR) is 103 cm³/mol. The first-order valence-electron chi connectivity index (χ1n) is 8.56. The quantitative estimate of drug-likeness (QED) is 0.550. The van der Waals surface area contributed by atoms with Crippen LogP contribution < -0.4 is 10.2 Å². The maximum Gasteiger partial charge on any atom is 0.251 e. The average molecular weight is 358 g/mol. The summed E-state index contributed by atoms with van der Waals surface area (Å²) in [6.45, 7) is 0.532. The summed E-state index contributed by atoms with van der Waals surface area (Å²) in [6, 6.07) is 21.4. The summed E-state index contributed by atoms with van der Waals surface area (Å²) < 4.78 is 8.72. The van der Waals surface area contributed by atoms with Gasteiger partial charge in [0.25, 0.3) is 5.43 Å². The highest BCUT2D eigenvalue weighted by atomic mass is 16.5. The lowest BCUT2D eigenvalue weighted by atomic mass is 10.2. The Labute approximate surface area is 156 Å². The van der Waals surface area contributed by atoms with Crippen LogP contribution in [0.1, 0.15) is 5.56 Å². The van der Waals surface area contributed by atoms with Gasteiger partial charge in [0.1, 0.15) is 0 Å². The molecule has 0 atom stereocenters. The largest absolute Gasteiger partial charge is 0.491 e. The first-order valence-corrected chi connectivity index (χ1v) is 8.56. The molecule has 0 bridgehead atoms. The first-order chi connectivity index (χ1) is 13.3. The lowest BCUT2D eigenvalue weighted by Gasteiger charge is -2.12. The third-order valence-corrected chi connectivity index (χ3v) is 4.23. The molecule has 27 heavy (non-hydrogen) atoms. The maximum absolute atomic E-state index is 12.8. The van der Waals surface area contributed by atoms with E-state index in [1.807, 2.05) is 60.7 Å². The molecule has 0 aliphatic heterocycles. The van der Waals surface area contributed by atoms with E-state index < -0.39 is 0 Å². The monoisotopic (exact) mass is 358 g/mol. The molecule has 2 aromatic carbocycles. The zero-order valence-electron chi connectivity index (χ0n) is 14.8. The van der Waals surface area contributed by atoms with Gasteiger partial charge >= 0.3 is 0 Å². The normalized spacial score (nSPS) is 10.7. The molecule has 0 N–H and O–H groups in total. The van der Waals surface area contributed by atoms with Crippen LogP contribution in [0.5, 0.6) is 5.75 Å². The summed E-state index contributed by atoms with van der Waals surface area (Å²) in [5, 5.41) is 8.93. The molecule has 0 aliphatic carbocycles. The molecule has 0 spiro atoms. The molecule has 0 aliphatic rings. The predicted octanol–water partition coefficient (Wildman–Crippen LogP) is 3.15. The molecule has 0 saturated heterocycles. The molecule has 0 unspecified atom stereocenters. The van der Waals surface area contributed by atoms with Gasteiger partial charge in [0.15, 0.2) is 11.4 Å². The summed E-state index contributed by atoms with van der Waals surface area (Å²) >= 11 is 0. The van der Waals surface area contributed by atoms with Gasteiger partial charge in [-0.05, 0) is 23.8 Å². The molecule has 4 aromatic rings. The lowest BCUT2D eigenvalue weighted by molar-refractivity contribution is 0.402. The van der Waals surface area contributed by atoms with Crippen LogP contribution >= 0.6 is 0 Å². The number of benzene rings is 2. The number of aromatic nitrogens is 4. The smallest absolute Gasteiger partial charge is 0.251 e. The zero-order valence-corrected chi connectivity index (χ0v) is 14.8. The number of rotatable bonds is 5. The van der Waals surface area contributed by atoms with Crippen LogP contribution in [0, 0.1) is 0 Å². The zero-order chi connectivity index (χ0) is 18.6. The molecule has 2 heterocycles. The fraction of sp³-hybridized carbons (Fsp3) is 0.0952. The number of hydrogen-bond acceptors (Lipinski definition) is 4. The van der Waals surface area contributed by atoms with Gasteiger partial charge in [-0.15, -0.1) is 0 Å². The minimum atomic E-state index is -0.264. The molecular weight excluding hydrogens is 340 g/mol. The van der Waals surface area contributed by atoms with E-state index in [2.05, 4.69) is 10.2 Å². The molecule has 134 valence electrons. The van der Waals surface area contributed by atoms with Crippen LogP contribution in [0.15, 0.2) is 83.9 Å². The molecule has 4 rings (SSSR count). The Kier molecular flexibility index (Phi) is 4.53. The van der Waals surface area contributed by atoms with Crippen molar-refractivity contribution in [2.24, 2.45) is 0 Å². The SMILES string of the molecule is COc1cn(Cc2ccccc2)nc(-c2ccnn2-c2ccccc2)c1=O. The number of hydrogen-bond donors (Lipinski definition) is 0. The molecular formula is C21H18N4O2. The van der Waals surface area contributed by atoms with Crippen molar-refractivity contribution in [3.8, 4) is 22.8 Å². The van der Waals surface area contributed by atoms with Crippen molar-refractivity contribution < 1.29 is 4.74 Å². The summed E-state index contributed by atoms with van der Waals surface area (Å²) in [7, 11) is 1.49. The summed E-state index contributed by atoms with van der Waals surface area (Å²) in [5.74, 6) is 0.247. The van der Waals surface area contributed by atoms with E-state index in [4.69, 9.17) is 4.74 Å². The van der Waals surface area contributed by atoms with Crippen LogP contribution in [0.3, 0.4) is 0 Å². The van der Waals surface area contributed by atoms with E-state index in [-0.39, 0.29) is 11.2 Å². The van der Waals surface area contributed by atoms with Crippen molar-refractivity contribution in [3.05, 3.63) is 94.9 Å². The Morgan fingerprint density at radius 3 is 2.37 bits per heavy atom. The Morgan fingerprint density at radius 1 is 0.963 bits per heavy atom. The van der Waals surface area contributed by atoms with Crippen LogP contribution in [0.25, 0.3) is 17.1 Å². The number of ether oxygens (including phenoxy) is 1. The highest BCUT2D eigenvalue weighted by Gasteiger charge is 2.17. The highest BCUT2D eigenvalue weighted by molar-refractivity contribution is 5.58. The second-order valence-corrected chi connectivity index (χ2v) is 6.02. The van der Waals surface area contributed by atoms with Crippen LogP contribution in [-0.4, -0.2) is 26.7 Å². The van der Waals surface area contributed by atoms with Crippen molar-refractivity contribution in [2.75, 3.05) is 7.11 Å². The minimum Gasteiger partial charge on any atom is -0.491 e. The van der Waals surface area contributed by atoms with E-state index in [0.717, 1.165) is 11.3 Å². The Morgan fingerprint density at radius 2 is 1.67 bits per heavy atom. The number of para-hydroxylation sites is 1. The standard InChI is InChI=1S/C21H18N4O2/c1-27-19-15-24(14-16-8-4-2-5-9-16)23-20(21(19)26)18-12-13-22-25(18)17-10-6-3-7-11-17/h2-13,15H,14H2,1H3. The summed E-state index contributed by atoms with van der Waals surface area (Å²) in [6.07, 6.45) is 3.28. The lowest BCUT2D eigenvalue weighted by Crippen LogP contribution is -2.18. The van der Waals surface area contributed by atoms with E-state index in [0.29, 0.717) is 17.9 Å². The van der Waals surface area contributed by atoms with Gasteiger partial charge in [-0.1, -0.05) is 48.5 Å². The molecule has 6 heteroatoms. The van der Waals surface area contributed by atoms with Crippen molar-refractivity contribution in [1.82, 2.24) is 19.6 Å². The van der Waals surface area contributed by atoms with E-state index >= 15 is 0 Å². The topological polar surface area (TPSA) is 61.9 Å². The van der Waals surface area contributed by atoms with Gasteiger partial charge in [0.05, 0.1) is 37.4 Å². The third kappa shape index (κ3) is 3.37. The maximum atomic E-state index is 12.8. The summed E-state index contributed by atoms with van der Waals surface area (Å²) in [4.78, 5) is 12.8. The average Bonchev–Trinajstić information content (AvgIpc) is 3.20. The second-order valence-electron chi connectivity index (χ2n) is 6.02. The summed E-state index contributed by atoms with van der Waals surface area (Å²) in [5.41, 5.74) is 2.59. The molecule has 2 aromatic heterocycles. The fourth-order valence-electron chi connectivity index (χ4n) is 2.94. The van der Waals surface area contributed by atoms with Gasteiger partial charge in [0, 0.05) is 0 Å². The second kappa shape index (κ2) is 7.29. The van der Waals surface area contributed by atoms with E-state index in [9.17, 15) is 4.79 Å². The third-order valence-electron chi connectivity index (χ3n) is 4.23. The van der Waals surface area contributed by atoms with Crippen molar-refractivity contribution in [1.29, 1.82) is 0 Å². The minimum absolute atomic E-state index is 0.247. The van der Waals surface area contributed by atoms with Crippen molar-refractivity contribution in [3.63, 3.8) is 0 Å². The molecule has 6 nitrogen and oxygen atoms in total. The Hall–Kier alpha value is -3.67. The van der Waals surface area contributed by atoms with E-state index in [1.165, 1.54) is 7.11 Å². The van der Waals surface area contributed by atoms with Crippen LogP contribution in [0.4, 0.5) is 0 Å². The van der Waals surface area contributed by atoms with Crippen molar-refractivity contribution in [2.45, 2.75) is 6.54 Å². The molecule has 0 saturated carbocycles. The van der Waals surface area contributed by atoms with Gasteiger partial charge < -0.3 is 4.74 Å². The van der Waals surface area contributed by atoms with Crippen LogP contribution in [-0.2, 0) is 6.54 Å². The van der Waals surface area contributed by atoms with Gasteiger partial charge in [0.2, 0.25) is 0 Å². The van der Waals surface area contributed by atoms with Gasteiger partial charge in [-0.2, -0.15) is 10.2 Å². The van der Waals surface area contributed by atoms with Gasteiger partial charge in [-0.3, -0.25) is 9.48 Å². The first kappa shape index (κ1) is 16.8. The number of methoxy groups -OCH3 is 1. The van der Waals surface area contributed by atoms with E-state index in [1.54, 1.807) is 27.8 Å². The fourth-order valence-corrected chi connectivity index (χ4v) is 2.94. The Bertz CT molecular complexity index is 1100. The van der Waals surface area contributed by atoms with Gasteiger partial charge in [-0.25, -0.2) is 4.68 Å². The molecule has 0 fully saturated rings. The Balaban J connectivity index is 1.83. The van der Waals surface area contributed by atoms with Crippen molar-refractivity contribution >= 4 is 0 Å².